The van der Waals surface area contributed by atoms with Crippen LogP contribution in [0.15, 0.2) is 54.9 Å². The molecule has 0 radical (unpaired) electrons. The molecule has 9 heteroatoms. The van der Waals surface area contributed by atoms with Crippen molar-refractivity contribution in [2.75, 3.05) is 31.8 Å². The van der Waals surface area contributed by atoms with Crippen molar-refractivity contribution >= 4 is 17.7 Å². The Kier molecular flexibility index (Phi) is 11.9. The van der Waals surface area contributed by atoms with Gasteiger partial charge in [0, 0.05) is 42.5 Å². The predicted molar refractivity (Wildman–Crippen MR) is 184 cm³/mol. The van der Waals surface area contributed by atoms with Crippen LogP contribution in [0.3, 0.4) is 0 Å². The van der Waals surface area contributed by atoms with Crippen molar-refractivity contribution in [1.82, 2.24) is 15.1 Å². The summed E-state index contributed by atoms with van der Waals surface area (Å²) in [5.74, 6) is 1.88. The van der Waals surface area contributed by atoms with Crippen LogP contribution in [0.2, 0.25) is 0 Å². The summed E-state index contributed by atoms with van der Waals surface area (Å²) < 4.78 is 25.4. The number of methoxy groups -OCH3 is 1. The largest absolute Gasteiger partial charge is 0.496 e. The highest BCUT2D eigenvalue weighted by Gasteiger charge is 2.34. The van der Waals surface area contributed by atoms with Crippen LogP contribution in [-0.4, -0.2) is 54.8 Å². The number of nitrogens with one attached hydrogen (secondary N) is 1. The van der Waals surface area contributed by atoms with E-state index in [0.29, 0.717) is 44.1 Å². The van der Waals surface area contributed by atoms with Gasteiger partial charge in [0.1, 0.15) is 11.9 Å². The van der Waals surface area contributed by atoms with E-state index < -0.39 is 12.8 Å². The van der Waals surface area contributed by atoms with Gasteiger partial charge in [-0.25, -0.2) is 4.79 Å². The number of rotatable bonds is 12. The van der Waals surface area contributed by atoms with Crippen LogP contribution in [0, 0.1) is 18.8 Å². The van der Waals surface area contributed by atoms with E-state index in [0.717, 1.165) is 48.2 Å². The van der Waals surface area contributed by atoms with Crippen LogP contribution in [0.25, 0.3) is 11.1 Å². The van der Waals surface area contributed by atoms with Gasteiger partial charge >= 0.3 is 6.09 Å². The fourth-order valence-corrected chi connectivity index (χ4v) is 7.14. The number of alkyl carbamates (subject to hydrolysis) is 1. The van der Waals surface area contributed by atoms with Gasteiger partial charge in [0.25, 0.3) is 0 Å². The van der Waals surface area contributed by atoms with Crippen molar-refractivity contribution in [2.45, 2.75) is 96.6 Å². The lowest BCUT2D eigenvalue weighted by molar-refractivity contribution is -0.124. The molecule has 0 unspecified atom stereocenters. The molecule has 0 spiro atoms. The Morgan fingerprint density at radius 2 is 1.79 bits per heavy atom. The van der Waals surface area contributed by atoms with E-state index in [4.69, 9.17) is 9.47 Å². The summed E-state index contributed by atoms with van der Waals surface area (Å²) in [6.45, 7) is 6.79. The number of alkyl halides is 1. The molecular weight excluding hydrogens is 595 g/mol. The molecule has 5 rings (SSSR count). The standard InChI is InChI=1S/C38H51FN4O4/c1-26(2)43-25-33(23-41-43)31-7-5-8-34(22-31)42(37(44)30-13-16-35(17-14-30)47-38(45)40-20-6-19-39)24-28-9-11-29(12-10-28)32-15-18-36(46-4)27(3)21-32/h5,7-8,15,18,21-23,25-26,28-30,35H,6,9-14,16-17,19-20,24H2,1-4H3,(H,40,45). The first-order chi connectivity index (χ1) is 22.7. The van der Waals surface area contributed by atoms with E-state index in [1.165, 1.54) is 11.1 Å². The van der Waals surface area contributed by atoms with Crippen LogP contribution in [0.4, 0.5) is 14.9 Å². The molecule has 254 valence electrons. The molecule has 1 heterocycles. The molecule has 47 heavy (non-hydrogen) atoms. The topological polar surface area (TPSA) is 85.7 Å². The summed E-state index contributed by atoms with van der Waals surface area (Å²) in [6.07, 6.45) is 10.4. The Labute approximate surface area is 279 Å². The Morgan fingerprint density at radius 1 is 1.02 bits per heavy atom. The van der Waals surface area contributed by atoms with Gasteiger partial charge in [0.2, 0.25) is 5.91 Å². The van der Waals surface area contributed by atoms with Crippen molar-refractivity contribution in [2.24, 2.45) is 11.8 Å². The van der Waals surface area contributed by atoms with Crippen LogP contribution >= 0.6 is 0 Å². The summed E-state index contributed by atoms with van der Waals surface area (Å²) in [7, 11) is 1.71. The quantitative estimate of drug-likeness (QED) is 0.200. The maximum absolute atomic E-state index is 14.3. The van der Waals surface area contributed by atoms with Gasteiger partial charge in [-0.05, 0) is 125 Å². The Balaban J connectivity index is 1.28. The Bertz CT molecular complexity index is 1470. The second-order valence-electron chi connectivity index (χ2n) is 13.6. The summed E-state index contributed by atoms with van der Waals surface area (Å²) >= 11 is 0. The molecule has 2 saturated carbocycles. The van der Waals surface area contributed by atoms with Gasteiger partial charge in [-0.15, -0.1) is 0 Å². The fraction of sp³-hybridized carbons (Fsp3) is 0.553. The number of amides is 2. The molecule has 2 amide bonds. The minimum absolute atomic E-state index is 0.129. The zero-order valence-electron chi connectivity index (χ0n) is 28.4. The van der Waals surface area contributed by atoms with Gasteiger partial charge in [-0.1, -0.05) is 24.3 Å². The molecule has 1 N–H and O–H groups in total. The molecule has 2 aliphatic carbocycles. The number of nitrogens with zero attached hydrogens (tertiary/aromatic N) is 3. The molecule has 1 aromatic heterocycles. The minimum atomic E-state index is -0.507. The first kappa shape index (κ1) is 34.5. The molecule has 2 aromatic carbocycles. The van der Waals surface area contributed by atoms with Crippen molar-refractivity contribution < 1.29 is 23.5 Å². The normalized spacial score (nSPS) is 21.3. The van der Waals surface area contributed by atoms with Gasteiger partial charge in [0.05, 0.1) is 20.0 Å². The second-order valence-corrected chi connectivity index (χ2v) is 13.6. The van der Waals surface area contributed by atoms with Gasteiger partial charge in [-0.2, -0.15) is 5.10 Å². The molecule has 0 aliphatic heterocycles. The lowest BCUT2D eigenvalue weighted by Gasteiger charge is -2.36. The SMILES string of the molecule is COc1ccc(C2CCC(CN(C(=O)C3CCC(OC(=O)NCCCF)CC3)c3cccc(-c4cnn(C(C)C)c4)c3)CC2)cc1C. The smallest absolute Gasteiger partial charge is 0.407 e. The minimum Gasteiger partial charge on any atom is -0.496 e. The predicted octanol–water partition coefficient (Wildman–Crippen LogP) is 8.40. The zero-order valence-corrected chi connectivity index (χ0v) is 28.4. The molecular formula is C38H51FN4O4. The summed E-state index contributed by atoms with van der Waals surface area (Å²) in [4.78, 5) is 28.5. The number of carbonyl (C=O) groups excluding carboxylic acids is 2. The Hall–Kier alpha value is -3.88. The number of hydrogen-bond acceptors (Lipinski definition) is 5. The lowest BCUT2D eigenvalue weighted by Crippen LogP contribution is -2.42. The van der Waals surface area contributed by atoms with Gasteiger partial charge in [0.15, 0.2) is 0 Å². The first-order valence-corrected chi connectivity index (χ1v) is 17.4. The van der Waals surface area contributed by atoms with Crippen LogP contribution < -0.4 is 15.0 Å². The number of benzene rings is 2. The number of hydrogen-bond donors (Lipinski definition) is 1. The molecule has 2 aliphatic rings. The highest BCUT2D eigenvalue weighted by molar-refractivity contribution is 5.95. The van der Waals surface area contributed by atoms with Crippen LogP contribution in [0.5, 0.6) is 5.75 Å². The fourth-order valence-electron chi connectivity index (χ4n) is 7.14. The second kappa shape index (κ2) is 16.3. The highest BCUT2D eigenvalue weighted by atomic mass is 19.1. The maximum Gasteiger partial charge on any atom is 0.407 e. The van der Waals surface area contributed by atoms with Crippen molar-refractivity contribution in [3.05, 3.63) is 66.0 Å². The van der Waals surface area contributed by atoms with E-state index in [9.17, 15) is 14.0 Å². The molecule has 0 saturated heterocycles. The number of anilines is 1. The number of aryl methyl sites for hydroxylation is 1. The summed E-state index contributed by atoms with van der Waals surface area (Å²) in [5, 5.41) is 7.15. The third kappa shape index (κ3) is 8.93. The van der Waals surface area contributed by atoms with E-state index in [-0.39, 0.29) is 36.9 Å². The molecule has 0 atom stereocenters. The number of carbonyl (C=O) groups is 2. The number of halogens is 1. The average Bonchev–Trinajstić information content (AvgIpc) is 3.59. The lowest BCUT2D eigenvalue weighted by atomic mass is 9.78. The maximum atomic E-state index is 14.3. The van der Waals surface area contributed by atoms with Gasteiger partial charge < -0.3 is 19.7 Å². The summed E-state index contributed by atoms with van der Waals surface area (Å²) in [6, 6.07) is 15.1. The van der Waals surface area contributed by atoms with Gasteiger partial charge in [-0.3, -0.25) is 13.9 Å². The van der Waals surface area contributed by atoms with Crippen LogP contribution in [0.1, 0.15) is 94.7 Å². The van der Waals surface area contributed by atoms with Crippen LogP contribution in [-0.2, 0) is 9.53 Å². The zero-order chi connectivity index (χ0) is 33.3. The number of aromatic nitrogens is 2. The van der Waals surface area contributed by atoms with Crippen molar-refractivity contribution in [1.29, 1.82) is 0 Å². The molecule has 8 nitrogen and oxygen atoms in total. The third-order valence-electron chi connectivity index (χ3n) is 9.94. The summed E-state index contributed by atoms with van der Waals surface area (Å²) in [5.41, 5.74) is 5.54. The first-order valence-electron chi connectivity index (χ1n) is 17.4. The van der Waals surface area contributed by atoms with Crippen molar-refractivity contribution in [3.63, 3.8) is 0 Å². The third-order valence-corrected chi connectivity index (χ3v) is 9.94. The number of ether oxygens (including phenoxy) is 2. The molecule has 0 bridgehead atoms. The van der Waals surface area contributed by atoms with Crippen molar-refractivity contribution in [3.8, 4) is 16.9 Å². The Morgan fingerprint density at radius 3 is 2.45 bits per heavy atom. The van der Waals surface area contributed by atoms with E-state index >= 15 is 0 Å². The van der Waals surface area contributed by atoms with E-state index in [1.807, 2.05) is 21.8 Å². The highest BCUT2D eigenvalue weighted by Crippen LogP contribution is 2.39. The molecule has 3 aromatic rings. The average molecular weight is 647 g/mol. The molecule has 2 fully saturated rings. The van der Waals surface area contributed by atoms with E-state index in [1.54, 1.807) is 7.11 Å². The van der Waals surface area contributed by atoms with E-state index in [2.05, 4.69) is 73.8 Å². The monoisotopic (exact) mass is 646 g/mol.